The Kier molecular flexibility index (Phi) is 2.41. The number of piperazine rings is 1. The molecule has 2 heterocycles. The number of nitrogens with two attached hydrogens (primary N) is 1. The Labute approximate surface area is 98.1 Å². The van der Waals surface area contributed by atoms with Gasteiger partial charge in [0, 0.05) is 26.2 Å². The molecule has 2 aromatic rings. The number of hydrogen-bond acceptors (Lipinski definition) is 5. The van der Waals surface area contributed by atoms with E-state index in [1.165, 1.54) is 0 Å². The highest BCUT2D eigenvalue weighted by Gasteiger charge is 2.15. The van der Waals surface area contributed by atoms with Gasteiger partial charge in [-0.2, -0.15) is 0 Å². The first-order valence-corrected chi connectivity index (χ1v) is 6.31. The molecule has 0 aliphatic carbocycles. The largest absolute Gasteiger partial charge is 0.395 e. The normalized spacial score (nSPS) is 16.9. The van der Waals surface area contributed by atoms with Gasteiger partial charge in [-0.05, 0) is 12.1 Å². The van der Waals surface area contributed by atoms with Gasteiger partial charge < -0.3 is 16.0 Å². The summed E-state index contributed by atoms with van der Waals surface area (Å²) in [5.41, 5.74) is 10.9. The summed E-state index contributed by atoms with van der Waals surface area (Å²) in [7, 11) is 0. The first-order valence-electron chi connectivity index (χ1n) is 5.43. The van der Waals surface area contributed by atoms with E-state index in [1.54, 1.807) is 11.3 Å². The molecule has 0 spiro atoms. The number of nitrogen functional groups attached to an aromatic ring is 1. The number of benzene rings is 1. The first-order chi connectivity index (χ1) is 7.86. The Morgan fingerprint density at radius 2 is 2.12 bits per heavy atom. The summed E-state index contributed by atoms with van der Waals surface area (Å²) < 4.78 is 1.16. The minimum Gasteiger partial charge on any atom is -0.395 e. The SMILES string of the molecule is Nc1c(N2CCNCC2)ccc2scnc12. The zero-order chi connectivity index (χ0) is 11.0. The van der Waals surface area contributed by atoms with Crippen LogP contribution >= 0.6 is 11.3 Å². The van der Waals surface area contributed by atoms with Gasteiger partial charge in [0.1, 0.15) is 5.52 Å². The van der Waals surface area contributed by atoms with Gasteiger partial charge in [-0.25, -0.2) is 4.98 Å². The maximum absolute atomic E-state index is 6.18. The van der Waals surface area contributed by atoms with E-state index in [4.69, 9.17) is 5.73 Å². The van der Waals surface area contributed by atoms with Crippen molar-refractivity contribution in [2.24, 2.45) is 0 Å². The lowest BCUT2D eigenvalue weighted by atomic mass is 10.2. The van der Waals surface area contributed by atoms with Crippen LogP contribution < -0.4 is 16.0 Å². The maximum atomic E-state index is 6.18. The molecule has 1 aromatic heterocycles. The molecule has 1 fully saturated rings. The van der Waals surface area contributed by atoms with E-state index in [-0.39, 0.29) is 0 Å². The van der Waals surface area contributed by atoms with Crippen molar-refractivity contribution in [3.05, 3.63) is 17.6 Å². The second kappa shape index (κ2) is 3.92. The van der Waals surface area contributed by atoms with Crippen LogP contribution in [0, 0.1) is 0 Å². The van der Waals surface area contributed by atoms with E-state index in [9.17, 15) is 0 Å². The van der Waals surface area contributed by atoms with Gasteiger partial charge in [0.15, 0.2) is 0 Å². The lowest BCUT2D eigenvalue weighted by molar-refractivity contribution is 0.590. The van der Waals surface area contributed by atoms with Crippen molar-refractivity contribution in [3.8, 4) is 0 Å². The molecule has 84 valence electrons. The van der Waals surface area contributed by atoms with Crippen molar-refractivity contribution in [2.45, 2.75) is 0 Å². The lowest BCUT2D eigenvalue weighted by Gasteiger charge is -2.30. The number of anilines is 2. The topological polar surface area (TPSA) is 54.2 Å². The number of hydrogen-bond donors (Lipinski definition) is 2. The smallest absolute Gasteiger partial charge is 0.106 e. The fraction of sp³-hybridized carbons (Fsp3) is 0.364. The molecule has 0 bridgehead atoms. The van der Waals surface area contributed by atoms with Gasteiger partial charge >= 0.3 is 0 Å². The molecule has 3 N–H and O–H groups in total. The molecule has 0 amide bonds. The maximum Gasteiger partial charge on any atom is 0.106 e. The molecule has 0 atom stereocenters. The molecule has 4 nitrogen and oxygen atoms in total. The first kappa shape index (κ1) is 9.86. The lowest BCUT2D eigenvalue weighted by Crippen LogP contribution is -2.43. The summed E-state index contributed by atoms with van der Waals surface area (Å²) >= 11 is 1.63. The van der Waals surface area contributed by atoms with Crippen LogP contribution in [0.1, 0.15) is 0 Å². The summed E-state index contributed by atoms with van der Waals surface area (Å²) in [5.74, 6) is 0. The van der Waals surface area contributed by atoms with Crippen molar-refractivity contribution >= 4 is 32.9 Å². The summed E-state index contributed by atoms with van der Waals surface area (Å²) in [5, 5.41) is 3.34. The van der Waals surface area contributed by atoms with Gasteiger partial charge in [-0.15, -0.1) is 11.3 Å². The molecule has 1 saturated heterocycles. The standard InChI is InChI=1S/C11H14N4S/c12-10-8(15-5-3-13-4-6-15)1-2-9-11(10)14-7-16-9/h1-2,7,13H,3-6,12H2. The Balaban J connectivity index is 2.05. The summed E-state index contributed by atoms with van der Waals surface area (Å²) in [6.45, 7) is 4.07. The van der Waals surface area contributed by atoms with Gasteiger partial charge in [-0.1, -0.05) is 0 Å². The van der Waals surface area contributed by atoms with E-state index in [0.717, 1.165) is 47.8 Å². The Bertz CT molecular complexity index is 502. The van der Waals surface area contributed by atoms with Crippen molar-refractivity contribution in [2.75, 3.05) is 36.8 Å². The number of nitrogens with one attached hydrogen (secondary N) is 1. The van der Waals surface area contributed by atoms with E-state index in [0.29, 0.717) is 0 Å². The predicted octanol–water partition coefficient (Wildman–Crippen LogP) is 1.29. The quantitative estimate of drug-likeness (QED) is 0.730. The third kappa shape index (κ3) is 1.52. The van der Waals surface area contributed by atoms with E-state index in [1.807, 2.05) is 5.51 Å². The molecule has 0 radical (unpaired) electrons. The number of rotatable bonds is 1. The average Bonchev–Trinajstić information content (AvgIpc) is 2.80. The van der Waals surface area contributed by atoms with Gasteiger partial charge in [0.05, 0.1) is 21.6 Å². The molecule has 0 saturated carbocycles. The highest BCUT2D eigenvalue weighted by atomic mass is 32.1. The second-order valence-electron chi connectivity index (χ2n) is 3.93. The van der Waals surface area contributed by atoms with Gasteiger partial charge in [-0.3, -0.25) is 0 Å². The molecular weight excluding hydrogens is 220 g/mol. The molecule has 1 aromatic carbocycles. The third-order valence-corrected chi connectivity index (χ3v) is 3.77. The number of fused-ring (bicyclic) bond motifs is 1. The zero-order valence-corrected chi connectivity index (χ0v) is 9.76. The number of thiazole rings is 1. The average molecular weight is 234 g/mol. The Morgan fingerprint density at radius 3 is 2.94 bits per heavy atom. The Morgan fingerprint density at radius 1 is 1.31 bits per heavy atom. The minimum atomic E-state index is 0.820. The number of nitrogens with zero attached hydrogens (tertiary/aromatic N) is 2. The van der Waals surface area contributed by atoms with Crippen molar-refractivity contribution in [3.63, 3.8) is 0 Å². The van der Waals surface area contributed by atoms with Crippen LogP contribution in [-0.4, -0.2) is 31.2 Å². The van der Waals surface area contributed by atoms with E-state index in [2.05, 4.69) is 27.3 Å². The molecule has 1 aliphatic heterocycles. The molecular formula is C11H14N4S. The second-order valence-corrected chi connectivity index (χ2v) is 4.82. The highest BCUT2D eigenvalue weighted by molar-refractivity contribution is 7.16. The van der Waals surface area contributed by atoms with Crippen LogP contribution in [0.15, 0.2) is 17.6 Å². The van der Waals surface area contributed by atoms with Crippen LogP contribution in [0.3, 0.4) is 0 Å². The third-order valence-electron chi connectivity index (χ3n) is 2.98. The van der Waals surface area contributed by atoms with Crippen LogP contribution in [0.2, 0.25) is 0 Å². The molecule has 0 unspecified atom stereocenters. The minimum absolute atomic E-state index is 0.820. The molecule has 5 heteroatoms. The van der Waals surface area contributed by atoms with Gasteiger partial charge in [0.25, 0.3) is 0 Å². The zero-order valence-electron chi connectivity index (χ0n) is 8.94. The van der Waals surface area contributed by atoms with Crippen LogP contribution in [0.4, 0.5) is 11.4 Å². The summed E-state index contributed by atoms with van der Waals surface area (Å²) in [6.07, 6.45) is 0. The van der Waals surface area contributed by atoms with Gasteiger partial charge in [0.2, 0.25) is 0 Å². The Hall–Kier alpha value is -1.33. The molecule has 3 rings (SSSR count). The fourth-order valence-corrected chi connectivity index (χ4v) is 2.82. The monoisotopic (exact) mass is 234 g/mol. The molecule has 16 heavy (non-hydrogen) atoms. The number of aromatic nitrogens is 1. The van der Waals surface area contributed by atoms with Crippen LogP contribution in [-0.2, 0) is 0 Å². The fourth-order valence-electron chi connectivity index (χ4n) is 2.12. The van der Waals surface area contributed by atoms with Crippen LogP contribution in [0.25, 0.3) is 10.2 Å². The van der Waals surface area contributed by atoms with Crippen molar-refractivity contribution in [1.82, 2.24) is 10.3 Å². The van der Waals surface area contributed by atoms with Crippen molar-refractivity contribution in [1.29, 1.82) is 0 Å². The van der Waals surface area contributed by atoms with Crippen molar-refractivity contribution < 1.29 is 0 Å². The summed E-state index contributed by atoms with van der Waals surface area (Å²) in [4.78, 5) is 6.65. The summed E-state index contributed by atoms with van der Waals surface area (Å²) in [6, 6.07) is 4.22. The van der Waals surface area contributed by atoms with E-state index < -0.39 is 0 Å². The van der Waals surface area contributed by atoms with E-state index >= 15 is 0 Å². The van der Waals surface area contributed by atoms with Crippen LogP contribution in [0.5, 0.6) is 0 Å². The molecule has 1 aliphatic rings. The predicted molar refractivity (Wildman–Crippen MR) is 69.1 cm³/mol. The highest BCUT2D eigenvalue weighted by Crippen LogP contribution is 2.32.